The van der Waals surface area contributed by atoms with Crippen molar-refractivity contribution in [3.63, 3.8) is 0 Å². The summed E-state index contributed by atoms with van der Waals surface area (Å²) >= 11 is 0. The van der Waals surface area contributed by atoms with Crippen LogP contribution in [0.3, 0.4) is 0 Å². The SMILES string of the molecule is CCCc1c(F)cc(-c2ccc(-c3ccc(C[C@H](C)c4ccccc4)cc3)cc2F)cc1F. The number of rotatable bonds is 7. The van der Waals surface area contributed by atoms with Gasteiger partial charge in [0.25, 0.3) is 0 Å². The van der Waals surface area contributed by atoms with Crippen LogP contribution in [0.1, 0.15) is 42.9 Å². The predicted octanol–water partition coefficient (Wildman–Crippen LogP) is 8.74. The highest BCUT2D eigenvalue weighted by molar-refractivity contribution is 5.71. The molecule has 0 nitrogen and oxygen atoms in total. The van der Waals surface area contributed by atoms with Crippen LogP contribution < -0.4 is 0 Å². The zero-order chi connectivity index (χ0) is 23.4. The molecule has 3 heteroatoms. The van der Waals surface area contributed by atoms with Gasteiger partial charge in [0.15, 0.2) is 0 Å². The molecule has 0 heterocycles. The van der Waals surface area contributed by atoms with Crippen molar-refractivity contribution in [3.8, 4) is 22.3 Å². The van der Waals surface area contributed by atoms with Crippen LogP contribution >= 0.6 is 0 Å². The van der Waals surface area contributed by atoms with Gasteiger partial charge in [-0.05, 0) is 64.8 Å². The molecule has 0 saturated carbocycles. The van der Waals surface area contributed by atoms with Crippen molar-refractivity contribution in [2.75, 3.05) is 0 Å². The second kappa shape index (κ2) is 10.1. The second-order valence-electron chi connectivity index (χ2n) is 8.58. The molecule has 0 radical (unpaired) electrons. The molecule has 4 aromatic rings. The van der Waals surface area contributed by atoms with Crippen molar-refractivity contribution in [1.29, 1.82) is 0 Å². The molecular formula is C30H27F3. The lowest BCUT2D eigenvalue weighted by Crippen LogP contribution is -1.98. The topological polar surface area (TPSA) is 0 Å². The van der Waals surface area contributed by atoms with Crippen LogP contribution in [-0.4, -0.2) is 0 Å². The van der Waals surface area contributed by atoms with Gasteiger partial charge in [0.1, 0.15) is 17.5 Å². The molecule has 0 saturated heterocycles. The molecule has 0 spiro atoms. The van der Waals surface area contributed by atoms with E-state index in [2.05, 4.69) is 43.3 Å². The number of halogens is 3. The van der Waals surface area contributed by atoms with Gasteiger partial charge in [-0.15, -0.1) is 0 Å². The second-order valence-corrected chi connectivity index (χ2v) is 8.58. The van der Waals surface area contributed by atoms with E-state index in [0.29, 0.717) is 18.8 Å². The van der Waals surface area contributed by atoms with Crippen molar-refractivity contribution < 1.29 is 13.2 Å². The van der Waals surface area contributed by atoms with Crippen LogP contribution in [0.2, 0.25) is 0 Å². The molecule has 0 bridgehead atoms. The average Bonchev–Trinajstić information content (AvgIpc) is 2.82. The van der Waals surface area contributed by atoms with Crippen molar-refractivity contribution in [2.24, 2.45) is 0 Å². The molecule has 0 N–H and O–H groups in total. The van der Waals surface area contributed by atoms with E-state index in [9.17, 15) is 13.2 Å². The summed E-state index contributed by atoms with van der Waals surface area (Å²) in [5, 5.41) is 0. The molecule has 168 valence electrons. The standard InChI is InChI=1S/C30H27F3/c1-3-7-27-29(32)18-25(19-30(27)33)26-15-14-24(17-28(26)31)23-12-10-21(11-13-23)16-20(2)22-8-5-4-6-9-22/h4-6,8-15,17-20H,3,7,16H2,1-2H3/t20-/m0/s1. The first kappa shape index (κ1) is 22.8. The zero-order valence-electron chi connectivity index (χ0n) is 18.9. The van der Waals surface area contributed by atoms with Crippen molar-refractivity contribution >= 4 is 0 Å². The summed E-state index contributed by atoms with van der Waals surface area (Å²) < 4.78 is 43.6. The Kier molecular flexibility index (Phi) is 6.98. The summed E-state index contributed by atoms with van der Waals surface area (Å²) in [6.45, 7) is 4.07. The third-order valence-electron chi connectivity index (χ3n) is 6.12. The van der Waals surface area contributed by atoms with Crippen LogP contribution in [0.5, 0.6) is 0 Å². The summed E-state index contributed by atoms with van der Waals surface area (Å²) in [6, 6.07) is 25.7. The van der Waals surface area contributed by atoms with Crippen LogP contribution in [0, 0.1) is 17.5 Å². The summed E-state index contributed by atoms with van der Waals surface area (Å²) in [5.41, 5.74) is 4.59. The lowest BCUT2D eigenvalue weighted by molar-refractivity contribution is 0.553. The van der Waals surface area contributed by atoms with Crippen LogP contribution in [0.15, 0.2) is 84.9 Å². The molecule has 1 atom stereocenters. The van der Waals surface area contributed by atoms with Crippen LogP contribution in [0.4, 0.5) is 13.2 Å². The van der Waals surface area contributed by atoms with Crippen molar-refractivity contribution in [3.05, 3.63) is 119 Å². The average molecular weight is 445 g/mol. The number of hydrogen-bond acceptors (Lipinski definition) is 0. The van der Waals surface area contributed by atoms with Gasteiger partial charge in [0.05, 0.1) is 0 Å². The summed E-state index contributed by atoms with van der Waals surface area (Å²) in [6.07, 6.45) is 1.88. The maximum Gasteiger partial charge on any atom is 0.131 e. The lowest BCUT2D eigenvalue weighted by Gasteiger charge is -2.13. The maximum absolute atomic E-state index is 14.9. The van der Waals surface area contributed by atoms with Crippen molar-refractivity contribution in [2.45, 2.75) is 39.0 Å². The van der Waals surface area contributed by atoms with Gasteiger partial charge >= 0.3 is 0 Å². The molecule has 0 unspecified atom stereocenters. The van der Waals surface area contributed by atoms with E-state index in [1.165, 1.54) is 29.3 Å². The Morgan fingerprint density at radius 1 is 0.667 bits per heavy atom. The van der Waals surface area contributed by atoms with E-state index in [0.717, 1.165) is 17.5 Å². The lowest BCUT2D eigenvalue weighted by atomic mass is 9.92. The fourth-order valence-electron chi connectivity index (χ4n) is 4.26. The fourth-order valence-corrected chi connectivity index (χ4v) is 4.26. The normalized spacial score (nSPS) is 12.0. The van der Waals surface area contributed by atoms with E-state index in [-0.39, 0.29) is 16.7 Å². The van der Waals surface area contributed by atoms with Gasteiger partial charge < -0.3 is 0 Å². The van der Waals surface area contributed by atoms with Gasteiger partial charge in [-0.2, -0.15) is 0 Å². The summed E-state index contributed by atoms with van der Waals surface area (Å²) in [4.78, 5) is 0. The molecule has 0 aliphatic rings. The minimum absolute atomic E-state index is 0.0555. The third-order valence-corrected chi connectivity index (χ3v) is 6.12. The first-order chi connectivity index (χ1) is 16.0. The molecular weight excluding hydrogens is 417 g/mol. The van der Waals surface area contributed by atoms with Gasteiger partial charge in [-0.3, -0.25) is 0 Å². The molecule has 0 aliphatic carbocycles. The van der Waals surface area contributed by atoms with E-state index in [4.69, 9.17) is 0 Å². The molecule has 0 amide bonds. The van der Waals surface area contributed by atoms with Gasteiger partial charge in [0, 0.05) is 11.1 Å². The fraction of sp³-hybridized carbons (Fsp3) is 0.200. The van der Waals surface area contributed by atoms with Crippen LogP contribution in [-0.2, 0) is 12.8 Å². The highest BCUT2D eigenvalue weighted by Gasteiger charge is 2.14. The Morgan fingerprint density at radius 2 is 1.27 bits per heavy atom. The van der Waals surface area contributed by atoms with Crippen LogP contribution in [0.25, 0.3) is 22.3 Å². The number of benzene rings is 4. The Labute approximate surface area is 193 Å². The molecule has 0 aliphatic heterocycles. The minimum Gasteiger partial charge on any atom is -0.207 e. The summed E-state index contributed by atoms with van der Waals surface area (Å²) in [7, 11) is 0. The maximum atomic E-state index is 14.9. The van der Waals surface area contributed by atoms with Gasteiger partial charge in [-0.25, -0.2) is 13.2 Å². The van der Waals surface area contributed by atoms with E-state index >= 15 is 0 Å². The largest absolute Gasteiger partial charge is 0.207 e. The Hall–Kier alpha value is -3.33. The monoisotopic (exact) mass is 444 g/mol. The molecule has 0 fully saturated rings. The summed E-state index contributed by atoms with van der Waals surface area (Å²) in [5.74, 6) is -1.36. The highest BCUT2D eigenvalue weighted by Crippen LogP contribution is 2.31. The first-order valence-corrected chi connectivity index (χ1v) is 11.4. The third kappa shape index (κ3) is 5.19. The Bertz CT molecular complexity index is 1200. The van der Waals surface area contributed by atoms with Crippen molar-refractivity contribution in [1.82, 2.24) is 0 Å². The molecule has 33 heavy (non-hydrogen) atoms. The molecule has 0 aromatic heterocycles. The highest BCUT2D eigenvalue weighted by atomic mass is 19.1. The first-order valence-electron chi connectivity index (χ1n) is 11.4. The van der Waals surface area contributed by atoms with E-state index in [1.807, 2.05) is 25.1 Å². The quantitative estimate of drug-likeness (QED) is 0.267. The predicted molar refractivity (Wildman–Crippen MR) is 130 cm³/mol. The smallest absolute Gasteiger partial charge is 0.131 e. The minimum atomic E-state index is -0.629. The number of hydrogen-bond donors (Lipinski definition) is 0. The van der Waals surface area contributed by atoms with Gasteiger partial charge in [-0.1, -0.05) is 87.0 Å². The molecule has 4 rings (SSSR count). The van der Waals surface area contributed by atoms with Gasteiger partial charge in [0.2, 0.25) is 0 Å². The Morgan fingerprint density at radius 3 is 1.88 bits per heavy atom. The molecule has 4 aromatic carbocycles. The Balaban J connectivity index is 1.53. The van der Waals surface area contributed by atoms with E-state index in [1.54, 1.807) is 12.1 Å². The zero-order valence-corrected chi connectivity index (χ0v) is 18.9. The van der Waals surface area contributed by atoms with E-state index < -0.39 is 17.5 Å².